The number of fused-ring (bicyclic) bond motifs is 1. The number of aliphatic imine (C=N–C) groups is 1. The van der Waals surface area contributed by atoms with Crippen LogP contribution in [0.5, 0.6) is 0 Å². The first-order chi connectivity index (χ1) is 11.1. The standard InChI is InChI=1S/C18H24N4S/c1-21(2)18(19)20-12-16(14-6-4-3-5-7-14)22-10-8-17-15(13-22)9-11-23-17/h3-7,9,11,16H,8,10,12-13H2,1-2H3,(H2,19,20)/t16-/m1/s1. The van der Waals surface area contributed by atoms with E-state index < -0.39 is 0 Å². The third kappa shape index (κ3) is 3.74. The van der Waals surface area contributed by atoms with Crippen molar-refractivity contribution >= 4 is 17.3 Å². The van der Waals surface area contributed by atoms with Gasteiger partial charge in [-0.1, -0.05) is 30.3 Å². The van der Waals surface area contributed by atoms with Crippen LogP contribution in [0.1, 0.15) is 22.0 Å². The Morgan fingerprint density at radius 3 is 2.83 bits per heavy atom. The second kappa shape index (κ2) is 7.15. The molecule has 0 spiro atoms. The molecule has 0 saturated heterocycles. The zero-order valence-electron chi connectivity index (χ0n) is 13.8. The normalized spacial score (nSPS) is 16.9. The number of nitrogens with two attached hydrogens (primary N) is 1. The third-order valence-corrected chi connectivity index (χ3v) is 5.37. The van der Waals surface area contributed by atoms with Gasteiger partial charge in [0.15, 0.2) is 5.96 Å². The van der Waals surface area contributed by atoms with Gasteiger partial charge in [-0.25, -0.2) is 0 Å². The highest BCUT2D eigenvalue weighted by Crippen LogP contribution is 2.30. The maximum absolute atomic E-state index is 5.99. The largest absolute Gasteiger partial charge is 0.370 e. The molecule has 1 aromatic heterocycles. The van der Waals surface area contributed by atoms with Crippen molar-refractivity contribution in [2.24, 2.45) is 10.7 Å². The van der Waals surface area contributed by atoms with E-state index in [4.69, 9.17) is 5.73 Å². The van der Waals surface area contributed by atoms with Crippen molar-refractivity contribution in [3.8, 4) is 0 Å². The molecule has 1 aliphatic rings. The molecule has 122 valence electrons. The van der Waals surface area contributed by atoms with E-state index in [9.17, 15) is 0 Å². The quantitative estimate of drug-likeness (QED) is 0.693. The minimum absolute atomic E-state index is 0.266. The molecule has 1 atom stereocenters. The number of nitrogens with zero attached hydrogens (tertiary/aromatic N) is 3. The first-order valence-electron chi connectivity index (χ1n) is 7.96. The van der Waals surface area contributed by atoms with Crippen LogP contribution in [0.2, 0.25) is 0 Å². The molecular formula is C18H24N4S. The molecule has 0 bridgehead atoms. The summed E-state index contributed by atoms with van der Waals surface area (Å²) in [6.07, 6.45) is 1.13. The van der Waals surface area contributed by atoms with Gasteiger partial charge in [-0.2, -0.15) is 0 Å². The molecule has 23 heavy (non-hydrogen) atoms. The summed E-state index contributed by atoms with van der Waals surface area (Å²) in [4.78, 5) is 10.5. The van der Waals surface area contributed by atoms with Gasteiger partial charge in [-0.15, -0.1) is 11.3 Å². The Balaban J connectivity index is 1.83. The van der Waals surface area contributed by atoms with Gasteiger partial charge in [0.05, 0.1) is 12.6 Å². The lowest BCUT2D eigenvalue weighted by Gasteiger charge is -2.34. The highest BCUT2D eigenvalue weighted by atomic mass is 32.1. The van der Waals surface area contributed by atoms with Crippen molar-refractivity contribution in [3.05, 3.63) is 57.8 Å². The molecule has 0 radical (unpaired) electrons. The zero-order chi connectivity index (χ0) is 16.2. The maximum atomic E-state index is 5.99. The summed E-state index contributed by atoms with van der Waals surface area (Å²) < 4.78 is 0. The fraction of sp³-hybridized carbons (Fsp3) is 0.389. The Morgan fingerprint density at radius 2 is 2.09 bits per heavy atom. The lowest BCUT2D eigenvalue weighted by atomic mass is 10.0. The van der Waals surface area contributed by atoms with Gasteiger partial charge in [-0.05, 0) is 29.0 Å². The summed E-state index contributed by atoms with van der Waals surface area (Å²) in [6, 6.07) is 13.2. The van der Waals surface area contributed by atoms with Crippen molar-refractivity contribution in [2.45, 2.75) is 19.0 Å². The second-order valence-corrected chi connectivity index (χ2v) is 7.11. The molecule has 1 aliphatic heterocycles. The summed E-state index contributed by atoms with van der Waals surface area (Å²) in [5, 5.41) is 2.20. The van der Waals surface area contributed by atoms with Crippen LogP contribution in [-0.2, 0) is 13.0 Å². The fourth-order valence-corrected chi connectivity index (χ4v) is 3.85. The molecule has 2 heterocycles. The van der Waals surface area contributed by atoms with Gasteiger partial charge >= 0.3 is 0 Å². The molecule has 0 saturated carbocycles. The monoisotopic (exact) mass is 328 g/mol. The van der Waals surface area contributed by atoms with E-state index in [0.29, 0.717) is 12.5 Å². The van der Waals surface area contributed by atoms with Crippen LogP contribution >= 0.6 is 11.3 Å². The van der Waals surface area contributed by atoms with Crippen LogP contribution in [0, 0.1) is 0 Å². The molecule has 1 aromatic carbocycles. The molecule has 2 aromatic rings. The number of benzene rings is 1. The molecule has 3 rings (SSSR count). The van der Waals surface area contributed by atoms with Crippen LogP contribution in [-0.4, -0.2) is 42.9 Å². The van der Waals surface area contributed by atoms with Crippen LogP contribution in [0.3, 0.4) is 0 Å². The second-order valence-electron chi connectivity index (χ2n) is 6.11. The Bertz CT molecular complexity index is 663. The molecule has 0 aliphatic carbocycles. The molecular weight excluding hydrogens is 304 g/mol. The summed E-state index contributed by atoms with van der Waals surface area (Å²) in [7, 11) is 3.85. The Kier molecular flexibility index (Phi) is 4.98. The minimum atomic E-state index is 0.266. The third-order valence-electron chi connectivity index (χ3n) is 4.35. The highest BCUT2D eigenvalue weighted by Gasteiger charge is 2.25. The number of hydrogen-bond donors (Lipinski definition) is 1. The maximum Gasteiger partial charge on any atom is 0.190 e. The summed E-state index contributed by atoms with van der Waals surface area (Å²) in [6.45, 7) is 2.76. The average Bonchev–Trinajstić information content (AvgIpc) is 3.03. The van der Waals surface area contributed by atoms with E-state index in [1.54, 1.807) is 0 Å². The van der Waals surface area contributed by atoms with E-state index in [1.165, 1.54) is 16.0 Å². The summed E-state index contributed by atoms with van der Waals surface area (Å²) in [5.41, 5.74) is 8.76. The van der Waals surface area contributed by atoms with Crippen molar-refractivity contribution in [1.82, 2.24) is 9.80 Å². The van der Waals surface area contributed by atoms with E-state index in [2.05, 4.69) is 51.7 Å². The van der Waals surface area contributed by atoms with E-state index >= 15 is 0 Å². The van der Waals surface area contributed by atoms with Crippen molar-refractivity contribution < 1.29 is 0 Å². The van der Waals surface area contributed by atoms with Crippen LogP contribution in [0.4, 0.5) is 0 Å². The first-order valence-corrected chi connectivity index (χ1v) is 8.84. The van der Waals surface area contributed by atoms with Crippen molar-refractivity contribution in [1.29, 1.82) is 0 Å². The predicted octanol–water partition coefficient (Wildman–Crippen LogP) is 2.72. The van der Waals surface area contributed by atoms with Crippen molar-refractivity contribution in [3.63, 3.8) is 0 Å². The number of guanidine groups is 1. The average molecular weight is 328 g/mol. The summed E-state index contributed by atoms with van der Waals surface area (Å²) >= 11 is 1.88. The Labute approximate surface area is 142 Å². The molecule has 0 unspecified atom stereocenters. The molecule has 4 nitrogen and oxygen atoms in total. The summed E-state index contributed by atoms with van der Waals surface area (Å²) in [5.74, 6) is 0.583. The van der Waals surface area contributed by atoms with Gasteiger partial charge < -0.3 is 10.6 Å². The highest BCUT2D eigenvalue weighted by molar-refractivity contribution is 7.10. The van der Waals surface area contributed by atoms with Crippen molar-refractivity contribution in [2.75, 3.05) is 27.2 Å². The minimum Gasteiger partial charge on any atom is -0.370 e. The van der Waals surface area contributed by atoms with Gasteiger partial charge in [0.2, 0.25) is 0 Å². The zero-order valence-corrected chi connectivity index (χ0v) is 14.6. The molecule has 0 amide bonds. The Hall–Kier alpha value is -1.85. The smallest absolute Gasteiger partial charge is 0.190 e. The lowest BCUT2D eigenvalue weighted by Crippen LogP contribution is -2.36. The number of hydrogen-bond acceptors (Lipinski definition) is 3. The SMILES string of the molecule is CN(C)C(N)=NC[C@H](c1ccccc1)N1CCc2sccc2C1. The van der Waals surface area contributed by atoms with E-state index in [0.717, 1.165) is 19.5 Å². The molecule has 2 N–H and O–H groups in total. The number of thiophene rings is 1. The van der Waals surface area contributed by atoms with Crippen LogP contribution in [0.25, 0.3) is 0 Å². The first kappa shape index (κ1) is 16.0. The van der Waals surface area contributed by atoms with E-state index in [1.807, 2.05) is 30.3 Å². The lowest BCUT2D eigenvalue weighted by molar-refractivity contribution is 0.185. The van der Waals surface area contributed by atoms with Gasteiger partial charge in [0.1, 0.15) is 0 Å². The van der Waals surface area contributed by atoms with Gasteiger partial charge in [0.25, 0.3) is 0 Å². The van der Waals surface area contributed by atoms with Crippen LogP contribution in [0.15, 0.2) is 46.8 Å². The van der Waals surface area contributed by atoms with E-state index in [-0.39, 0.29) is 6.04 Å². The topological polar surface area (TPSA) is 44.9 Å². The van der Waals surface area contributed by atoms with Gasteiger partial charge in [0, 0.05) is 32.1 Å². The van der Waals surface area contributed by atoms with Crippen LogP contribution < -0.4 is 5.73 Å². The van der Waals surface area contributed by atoms with Gasteiger partial charge in [-0.3, -0.25) is 9.89 Å². The fourth-order valence-electron chi connectivity index (χ4n) is 2.96. The Morgan fingerprint density at radius 1 is 1.30 bits per heavy atom. The number of rotatable bonds is 4. The predicted molar refractivity (Wildman–Crippen MR) is 97.8 cm³/mol. The molecule has 5 heteroatoms. The molecule has 0 fully saturated rings.